The Hall–Kier alpha value is -4.31. The number of phenols is 1. The average Bonchev–Trinajstić information content (AvgIpc) is 3.41. The number of hydrogen-bond donors (Lipinski definition) is 2. The van der Waals surface area contributed by atoms with E-state index < -0.39 is 17.8 Å². The molecule has 0 unspecified atom stereocenters. The molecule has 1 atom stereocenters. The zero-order valence-electron chi connectivity index (χ0n) is 21.6. The number of amides is 2. The van der Waals surface area contributed by atoms with Crippen LogP contribution in [-0.2, 0) is 16.1 Å². The predicted octanol–water partition coefficient (Wildman–Crippen LogP) is 5.06. The monoisotopic (exact) mass is 562 g/mol. The second-order valence-corrected chi connectivity index (χ2v) is 10.1. The van der Waals surface area contributed by atoms with Crippen molar-refractivity contribution in [2.75, 3.05) is 4.90 Å². The molecule has 206 valence electrons. The molecule has 5 rings (SSSR count). The van der Waals surface area contributed by atoms with Crippen LogP contribution < -0.4 is 10.2 Å². The van der Waals surface area contributed by atoms with Crippen LogP contribution in [0.5, 0.6) is 5.75 Å². The molecule has 40 heavy (non-hydrogen) atoms. The van der Waals surface area contributed by atoms with Crippen LogP contribution in [0.3, 0.4) is 0 Å². The maximum atomic E-state index is 14.3. The fourth-order valence-electron chi connectivity index (χ4n) is 4.90. The van der Waals surface area contributed by atoms with Gasteiger partial charge in [-0.2, -0.15) is 4.80 Å². The fraction of sp³-hybridized carbons (Fsp3) is 0.276. The Bertz CT molecular complexity index is 1470. The molecular weight excluding hydrogens is 535 g/mol. The van der Waals surface area contributed by atoms with Crippen LogP contribution in [0.1, 0.15) is 43.7 Å². The second-order valence-electron chi connectivity index (χ2n) is 9.70. The molecule has 4 aromatic rings. The van der Waals surface area contributed by atoms with Gasteiger partial charge in [0.1, 0.15) is 24.2 Å². The van der Waals surface area contributed by atoms with Crippen molar-refractivity contribution in [3.05, 3.63) is 89.2 Å². The van der Waals surface area contributed by atoms with Gasteiger partial charge < -0.3 is 10.4 Å². The van der Waals surface area contributed by atoms with E-state index in [-0.39, 0.29) is 35.6 Å². The van der Waals surface area contributed by atoms with Crippen LogP contribution in [0.15, 0.2) is 72.8 Å². The number of rotatable bonds is 8. The van der Waals surface area contributed by atoms with Crippen LogP contribution in [0.2, 0.25) is 5.02 Å². The number of phenolic OH excluding ortho intramolecular Hbond substituents is 1. The smallest absolute Gasteiger partial charge is 0.251 e. The maximum Gasteiger partial charge on any atom is 0.251 e. The normalized spacial score (nSPS) is 14.4. The lowest BCUT2D eigenvalue weighted by molar-refractivity contribution is -0.127. The van der Waals surface area contributed by atoms with Gasteiger partial charge >= 0.3 is 0 Å². The number of carbonyl (C=O) groups excluding carboxylic acids is 2. The SMILES string of the molecule is O=C(NC1CCCCC1)[C@@H](c1ccc(O)cc1)N(C(=O)Cn1nnc(-c2ccccc2F)n1)c1ccc(Cl)cc1. The number of carbonyl (C=O) groups is 2. The summed E-state index contributed by atoms with van der Waals surface area (Å²) in [7, 11) is 0. The summed E-state index contributed by atoms with van der Waals surface area (Å²) in [6, 6.07) is 17.7. The van der Waals surface area contributed by atoms with Crippen molar-refractivity contribution >= 4 is 29.1 Å². The molecule has 1 aliphatic rings. The van der Waals surface area contributed by atoms with Crippen molar-refractivity contribution in [2.24, 2.45) is 0 Å². The third-order valence-electron chi connectivity index (χ3n) is 6.88. The Labute approximate surface area is 235 Å². The summed E-state index contributed by atoms with van der Waals surface area (Å²) >= 11 is 6.13. The number of aromatic hydroxyl groups is 1. The second kappa shape index (κ2) is 12.3. The quantitative estimate of drug-likeness (QED) is 0.310. The van der Waals surface area contributed by atoms with E-state index in [0.717, 1.165) is 36.9 Å². The highest BCUT2D eigenvalue weighted by atomic mass is 35.5. The molecule has 1 aliphatic carbocycles. The summed E-state index contributed by atoms with van der Waals surface area (Å²) in [5.41, 5.74) is 1.10. The van der Waals surface area contributed by atoms with Gasteiger partial charge in [0.2, 0.25) is 11.7 Å². The predicted molar refractivity (Wildman–Crippen MR) is 148 cm³/mol. The summed E-state index contributed by atoms with van der Waals surface area (Å²) in [5, 5.41) is 25.6. The van der Waals surface area contributed by atoms with Crippen LogP contribution in [0.25, 0.3) is 11.4 Å². The van der Waals surface area contributed by atoms with Gasteiger partial charge in [-0.15, -0.1) is 10.2 Å². The molecule has 1 heterocycles. The van der Waals surface area contributed by atoms with Crippen LogP contribution in [0, 0.1) is 5.82 Å². The number of hydrogen-bond acceptors (Lipinski definition) is 6. The number of nitrogens with zero attached hydrogens (tertiary/aromatic N) is 5. The lowest BCUT2D eigenvalue weighted by Crippen LogP contribution is -2.48. The number of tetrazole rings is 1. The minimum absolute atomic E-state index is 0.00310. The van der Waals surface area contributed by atoms with Crippen LogP contribution in [0.4, 0.5) is 10.1 Å². The number of nitrogens with one attached hydrogen (secondary N) is 1. The maximum absolute atomic E-state index is 14.3. The van der Waals surface area contributed by atoms with Crippen molar-refractivity contribution in [3.63, 3.8) is 0 Å². The topological polar surface area (TPSA) is 113 Å². The van der Waals surface area contributed by atoms with Gasteiger partial charge in [-0.3, -0.25) is 14.5 Å². The zero-order valence-corrected chi connectivity index (χ0v) is 22.3. The van der Waals surface area contributed by atoms with Crippen molar-refractivity contribution < 1.29 is 19.1 Å². The molecule has 0 radical (unpaired) electrons. The van der Waals surface area contributed by atoms with Gasteiger partial charge in [-0.1, -0.05) is 55.1 Å². The minimum atomic E-state index is -1.06. The molecule has 0 saturated heterocycles. The molecule has 11 heteroatoms. The van der Waals surface area contributed by atoms with Gasteiger partial charge in [0.15, 0.2) is 0 Å². The largest absolute Gasteiger partial charge is 0.508 e. The minimum Gasteiger partial charge on any atom is -0.508 e. The summed E-state index contributed by atoms with van der Waals surface area (Å²) in [6.07, 6.45) is 4.91. The number of halogens is 2. The lowest BCUT2D eigenvalue weighted by atomic mass is 9.94. The lowest BCUT2D eigenvalue weighted by Gasteiger charge is -2.33. The van der Waals surface area contributed by atoms with E-state index in [9.17, 15) is 19.1 Å². The summed E-state index contributed by atoms with van der Waals surface area (Å²) in [5.74, 6) is -1.29. The van der Waals surface area contributed by atoms with Gasteiger partial charge in [0, 0.05) is 16.8 Å². The molecule has 2 N–H and O–H groups in total. The van der Waals surface area contributed by atoms with Gasteiger partial charge in [0.05, 0.1) is 5.56 Å². The number of benzene rings is 3. The first-order valence-corrected chi connectivity index (χ1v) is 13.5. The fourth-order valence-corrected chi connectivity index (χ4v) is 5.02. The zero-order chi connectivity index (χ0) is 28.1. The first-order valence-electron chi connectivity index (χ1n) is 13.1. The molecule has 9 nitrogen and oxygen atoms in total. The Balaban J connectivity index is 1.50. The van der Waals surface area contributed by atoms with Gasteiger partial charge in [-0.25, -0.2) is 4.39 Å². The number of aromatic nitrogens is 4. The molecule has 0 aliphatic heterocycles. The number of anilines is 1. The summed E-state index contributed by atoms with van der Waals surface area (Å²) in [4.78, 5) is 30.3. The summed E-state index contributed by atoms with van der Waals surface area (Å²) in [6.45, 7) is -0.366. The van der Waals surface area contributed by atoms with E-state index >= 15 is 0 Å². The molecule has 2 amide bonds. The first-order chi connectivity index (χ1) is 19.4. The van der Waals surface area contributed by atoms with E-state index in [4.69, 9.17) is 11.6 Å². The van der Waals surface area contributed by atoms with Crippen molar-refractivity contribution in [1.29, 1.82) is 0 Å². The Morgan fingerprint density at radius 2 is 1.73 bits per heavy atom. The molecule has 1 aromatic heterocycles. The summed E-state index contributed by atoms with van der Waals surface area (Å²) < 4.78 is 14.3. The Morgan fingerprint density at radius 1 is 1.02 bits per heavy atom. The molecule has 1 fully saturated rings. The molecule has 0 bridgehead atoms. The van der Waals surface area contributed by atoms with Crippen molar-refractivity contribution in [3.8, 4) is 17.1 Å². The van der Waals surface area contributed by atoms with Crippen LogP contribution in [-0.4, -0.2) is 43.2 Å². The molecular formula is C29H28ClFN6O3. The van der Waals surface area contributed by atoms with Gasteiger partial charge in [-0.05, 0) is 72.1 Å². The van der Waals surface area contributed by atoms with Crippen LogP contribution >= 0.6 is 11.6 Å². The van der Waals surface area contributed by atoms with Crippen molar-refractivity contribution in [1.82, 2.24) is 25.5 Å². The standard InChI is InChI=1S/C29H28ClFN6O3/c30-20-12-14-22(15-13-20)37(26(39)18-36-34-28(33-35-36)24-8-4-5-9-25(24)31)27(19-10-16-23(38)17-11-19)29(40)32-21-6-2-1-3-7-21/h4-5,8-17,21,27,38H,1-3,6-7,18H2,(H,32,40)/t27-/m1/s1. The van der Waals surface area contributed by atoms with E-state index in [0.29, 0.717) is 16.3 Å². The molecule has 0 spiro atoms. The van der Waals surface area contributed by atoms with E-state index in [1.165, 1.54) is 29.2 Å². The van der Waals surface area contributed by atoms with E-state index in [1.54, 1.807) is 48.5 Å². The highest BCUT2D eigenvalue weighted by molar-refractivity contribution is 6.30. The van der Waals surface area contributed by atoms with Crippen molar-refractivity contribution in [2.45, 2.75) is 50.7 Å². The highest BCUT2D eigenvalue weighted by Gasteiger charge is 2.34. The highest BCUT2D eigenvalue weighted by Crippen LogP contribution is 2.31. The van der Waals surface area contributed by atoms with E-state index in [1.807, 2.05) is 0 Å². The Morgan fingerprint density at radius 3 is 2.42 bits per heavy atom. The first kappa shape index (κ1) is 27.3. The Kier molecular flexibility index (Phi) is 8.35. The van der Waals surface area contributed by atoms with Gasteiger partial charge in [0.25, 0.3) is 5.91 Å². The molecule has 3 aromatic carbocycles. The van der Waals surface area contributed by atoms with E-state index in [2.05, 4.69) is 20.7 Å². The third-order valence-corrected chi connectivity index (χ3v) is 7.14. The molecule has 1 saturated carbocycles. The third kappa shape index (κ3) is 6.28. The average molecular weight is 563 g/mol.